The molecule has 0 unspecified atom stereocenters. The van der Waals surface area contributed by atoms with E-state index >= 15 is 0 Å². The first-order valence-corrected chi connectivity index (χ1v) is 11.8. The van der Waals surface area contributed by atoms with E-state index in [2.05, 4.69) is 19.1 Å². The summed E-state index contributed by atoms with van der Waals surface area (Å²) < 4.78 is 5.18. The van der Waals surface area contributed by atoms with Crippen molar-refractivity contribution in [3.05, 3.63) is 48.0 Å². The molecule has 0 radical (unpaired) electrons. The van der Waals surface area contributed by atoms with Gasteiger partial charge >= 0.3 is 6.09 Å². The Morgan fingerprint density at radius 2 is 1.73 bits per heavy atom. The van der Waals surface area contributed by atoms with E-state index in [-0.39, 0.29) is 24.5 Å². The Labute approximate surface area is 182 Å². The Bertz CT molecular complexity index is 656. The van der Waals surface area contributed by atoms with Gasteiger partial charge in [-0.2, -0.15) is 0 Å². The molecule has 4 heteroatoms. The molecule has 1 heterocycles. The van der Waals surface area contributed by atoms with E-state index in [1.165, 1.54) is 56.3 Å². The van der Waals surface area contributed by atoms with Gasteiger partial charge in [-0.25, -0.2) is 9.69 Å². The van der Waals surface area contributed by atoms with Crippen LogP contribution in [0.5, 0.6) is 0 Å². The molecule has 0 spiro atoms. The second-order valence-electron chi connectivity index (χ2n) is 8.50. The molecule has 30 heavy (non-hydrogen) atoms. The highest BCUT2D eigenvalue weighted by molar-refractivity contribution is 5.94. The Balaban J connectivity index is 1.67. The van der Waals surface area contributed by atoms with Crippen molar-refractivity contribution in [2.45, 2.75) is 90.5 Å². The Morgan fingerprint density at radius 3 is 2.43 bits per heavy atom. The van der Waals surface area contributed by atoms with Crippen LogP contribution >= 0.6 is 0 Å². The van der Waals surface area contributed by atoms with E-state index in [1.54, 1.807) is 0 Å². The van der Waals surface area contributed by atoms with Crippen LogP contribution in [0.4, 0.5) is 4.79 Å². The molecule has 1 aromatic rings. The van der Waals surface area contributed by atoms with Crippen LogP contribution in [0.3, 0.4) is 0 Å². The smallest absolute Gasteiger partial charge is 0.416 e. The number of rotatable bonds is 14. The van der Waals surface area contributed by atoms with Crippen LogP contribution in [0.2, 0.25) is 0 Å². The monoisotopic (exact) mass is 413 g/mol. The summed E-state index contributed by atoms with van der Waals surface area (Å²) in [6, 6.07) is 9.73. The first-order valence-electron chi connectivity index (χ1n) is 11.8. The lowest BCUT2D eigenvalue weighted by Gasteiger charge is -2.22. The third-order valence-electron chi connectivity index (χ3n) is 5.81. The van der Waals surface area contributed by atoms with Gasteiger partial charge in [0.05, 0.1) is 6.04 Å². The Morgan fingerprint density at radius 1 is 1.07 bits per heavy atom. The van der Waals surface area contributed by atoms with Crippen LogP contribution in [0, 0.1) is 5.92 Å². The van der Waals surface area contributed by atoms with Gasteiger partial charge in [0.15, 0.2) is 0 Å². The zero-order valence-electron chi connectivity index (χ0n) is 18.9. The van der Waals surface area contributed by atoms with Crippen LogP contribution in [0.15, 0.2) is 42.5 Å². The molecule has 2 atom stereocenters. The van der Waals surface area contributed by atoms with Gasteiger partial charge in [-0.15, -0.1) is 0 Å². The summed E-state index contributed by atoms with van der Waals surface area (Å²) in [5.41, 5.74) is 1.11. The van der Waals surface area contributed by atoms with Crippen LogP contribution in [0.1, 0.15) is 83.6 Å². The van der Waals surface area contributed by atoms with Gasteiger partial charge in [-0.3, -0.25) is 4.79 Å². The first-order chi connectivity index (χ1) is 14.6. The molecule has 0 aliphatic carbocycles. The minimum atomic E-state index is -0.504. The van der Waals surface area contributed by atoms with Crippen molar-refractivity contribution in [3.63, 3.8) is 0 Å². The zero-order valence-corrected chi connectivity index (χ0v) is 18.9. The topological polar surface area (TPSA) is 46.6 Å². The number of nitrogens with zero attached hydrogens (tertiary/aromatic N) is 1. The number of ether oxygens (including phenoxy) is 1. The van der Waals surface area contributed by atoms with Gasteiger partial charge in [0.1, 0.15) is 6.61 Å². The van der Waals surface area contributed by atoms with Crippen molar-refractivity contribution >= 4 is 12.0 Å². The molecule has 0 N–H and O–H groups in total. The number of hydrogen-bond acceptors (Lipinski definition) is 3. The van der Waals surface area contributed by atoms with E-state index in [0.717, 1.165) is 12.0 Å². The fraction of sp³-hybridized carbons (Fsp3) is 0.615. The zero-order chi connectivity index (χ0) is 21.6. The molecule has 1 aliphatic heterocycles. The minimum absolute atomic E-state index is 0.129. The number of imide groups is 1. The van der Waals surface area contributed by atoms with E-state index in [1.807, 2.05) is 37.3 Å². The summed E-state index contributed by atoms with van der Waals surface area (Å²) in [7, 11) is 0. The lowest BCUT2D eigenvalue weighted by molar-refractivity contribution is -0.132. The van der Waals surface area contributed by atoms with Gasteiger partial charge in [0.25, 0.3) is 0 Å². The standard InChI is InChI=1S/C26H39NO3/c1-3-4-5-6-7-8-9-10-11-12-14-17-22(2)25(28)27-24(21-30-26(27)29)20-23-18-15-13-16-19-23/h12-16,18-19,22,24H,3-11,17,20-21H2,1-2H3/b14-12+/t22-,24+/m1/s1. The first kappa shape index (κ1) is 24.2. The SMILES string of the molecule is CCCCCCCCCC/C=C/C[C@@H](C)C(=O)N1C(=O)OC[C@@H]1Cc1ccccc1. The quantitative estimate of drug-likeness (QED) is 0.252. The predicted molar refractivity (Wildman–Crippen MR) is 122 cm³/mol. The molecule has 1 saturated heterocycles. The molecule has 2 rings (SSSR count). The van der Waals surface area contributed by atoms with Gasteiger partial charge in [-0.05, 0) is 31.2 Å². The van der Waals surface area contributed by atoms with Crippen molar-refractivity contribution in [3.8, 4) is 0 Å². The van der Waals surface area contributed by atoms with E-state index in [0.29, 0.717) is 12.8 Å². The van der Waals surface area contributed by atoms with Gasteiger partial charge < -0.3 is 4.74 Å². The summed E-state index contributed by atoms with van der Waals surface area (Å²) in [5, 5.41) is 0. The number of carbonyl (C=O) groups is 2. The largest absolute Gasteiger partial charge is 0.447 e. The number of hydrogen-bond donors (Lipinski definition) is 0. The Kier molecular flexibility index (Phi) is 11.3. The van der Waals surface area contributed by atoms with Crippen LogP contribution in [0.25, 0.3) is 0 Å². The summed E-state index contributed by atoms with van der Waals surface area (Å²) in [6.07, 6.45) is 16.7. The lowest BCUT2D eigenvalue weighted by Crippen LogP contribution is -2.42. The number of benzene rings is 1. The van der Waals surface area contributed by atoms with Crippen LogP contribution in [-0.2, 0) is 16.0 Å². The molecule has 1 aliphatic rings. The number of unbranched alkanes of at least 4 members (excludes halogenated alkanes) is 8. The molecule has 4 nitrogen and oxygen atoms in total. The second-order valence-corrected chi connectivity index (χ2v) is 8.50. The van der Waals surface area contributed by atoms with E-state index in [9.17, 15) is 9.59 Å². The summed E-state index contributed by atoms with van der Waals surface area (Å²) >= 11 is 0. The number of allylic oxidation sites excluding steroid dienone is 2. The van der Waals surface area contributed by atoms with Crippen molar-refractivity contribution < 1.29 is 14.3 Å². The average Bonchev–Trinajstić information content (AvgIpc) is 3.11. The van der Waals surface area contributed by atoms with E-state index < -0.39 is 6.09 Å². The highest BCUT2D eigenvalue weighted by Gasteiger charge is 2.39. The maximum absolute atomic E-state index is 12.9. The molecule has 0 aromatic heterocycles. The van der Waals surface area contributed by atoms with Crippen LogP contribution in [-0.4, -0.2) is 29.5 Å². The highest BCUT2D eigenvalue weighted by Crippen LogP contribution is 2.21. The third-order valence-corrected chi connectivity index (χ3v) is 5.81. The van der Waals surface area contributed by atoms with Crippen molar-refractivity contribution in [2.75, 3.05) is 6.61 Å². The molecule has 0 saturated carbocycles. The molecule has 166 valence electrons. The van der Waals surface area contributed by atoms with Crippen molar-refractivity contribution in [1.29, 1.82) is 0 Å². The van der Waals surface area contributed by atoms with Gasteiger partial charge in [0, 0.05) is 5.92 Å². The van der Waals surface area contributed by atoms with Crippen LogP contribution < -0.4 is 0 Å². The van der Waals surface area contributed by atoms with E-state index in [4.69, 9.17) is 4.74 Å². The lowest BCUT2D eigenvalue weighted by atomic mass is 10.0. The van der Waals surface area contributed by atoms with Gasteiger partial charge in [-0.1, -0.05) is 101 Å². The number of amides is 2. The molecular formula is C26H39NO3. The molecule has 1 fully saturated rings. The fourth-order valence-electron chi connectivity index (χ4n) is 3.92. The molecule has 0 bridgehead atoms. The second kappa shape index (κ2) is 14.0. The predicted octanol–water partition coefficient (Wildman–Crippen LogP) is 6.69. The normalized spacial score (nSPS) is 17.5. The van der Waals surface area contributed by atoms with Gasteiger partial charge in [0.2, 0.25) is 5.91 Å². The number of cyclic esters (lactones) is 1. The number of carbonyl (C=O) groups excluding carboxylic acids is 2. The third kappa shape index (κ3) is 8.33. The molecule has 1 aromatic carbocycles. The van der Waals surface area contributed by atoms with Crippen molar-refractivity contribution in [2.24, 2.45) is 5.92 Å². The average molecular weight is 414 g/mol. The molecular weight excluding hydrogens is 374 g/mol. The molecule has 2 amide bonds. The minimum Gasteiger partial charge on any atom is -0.447 e. The van der Waals surface area contributed by atoms with Crippen molar-refractivity contribution in [1.82, 2.24) is 4.90 Å². The summed E-state index contributed by atoms with van der Waals surface area (Å²) in [4.78, 5) is 26.3. The summed E-state index contributed by atoms with van der Waals surface area (Å²) in [5.74, 6) is -0.348. The summed E-state index contributed by atoms with van der Waals surface area (Å²) in [6.45, 7) is 4.43. The highest BCUT2D eigenvalue weighted by atomic mass is 16.6. The maximum Gasteiger partial charge on any atom is 0.416 e. The Hall–Kier alpha value is -2.10. The fourth-order valence-corrected chi connectivity index (χ4v) is 3.92. The maximum atomic E-state index is 12.9.